The summed E-state index contributed by atoms with van der Waals surface area (Å²) in [4.78, 5) is 25.2. The number of nitrogens with zero attached hydrogens (tertiary/aromatic N) is 1. The molecule has 0 bridgehead atoms. The van der Waals surface area contributed by atoms with Gasteiger partial charge in [0.15, 0.2) is 0 Å². The number of piperidine rings is 1. The zero-order valence-corrected chi connectivity index (χ0v) is 13.7. The first-order valence-corrected chi connectivity index (χ1v) is 7.77. The summed E-state index contributed by atoms with van der Waals surface area (Å²) in [6.07, 6.45) is -8.73. The van der Waals surface area contributed by atoms with E-state index in [1.165, 1.54) is 4.90 Å². The van der Waals surface area contributed by atoms with Crippen molar-refractivity contribution in [1.82, 2.24) is 4.90 Å². The lowest BCUT2D eigenvalue weighted by atomic mass is 9.99. The van der Waals surface area contributed by atoms with Crippen LogP contribution in [-0.2, 0) is 21.9 Å². The van der Waals surface area contributed by atoms with E-state index in [-0.39, 0.29) is 6.07 Å². The van der Waals surface area contributed by atoms with Crippen LogP contribution in [-0.4, -0.2) is 29.8 Å². The molecule has 1 N–H and O–H groups in total. The summed E-state index contributed by atoms with van der Waals surface area (Å²) in [5.74, 6) is -1.88. The van der Waals surface area contributed by atoms with Crippen LogP contribution in [0.5, 0.6) is 0 Å². The number of rotatable bonds is 1. The molecule has 0 spiro atoms. The second kappa shape index (κ2) is 7.16. The summed E-state index contributed by atoms with van der Waals surface area (Å²) >= 11 is 0. The Balaban J connectivity index is 2.22. The third-order valence-corrected chi connectivity index (χ3v) is 4.11. The van der Waals surface area contributed by atoms with Gasteiger partial charge >= 0.3 is 24.2 Å². The Morgan fingerprint density at radius 2 is 1.42 bits per heavy atom. The maximum atomic E-state index is 12.8. The molecule has 2 amide bonds. The Morgan fingerprint density at radius 1 is 0.962 bits per heavy atom. The van der Waals surface area contributed by atoms with Crippen molar-refractivity contribution < 1.29 is 35.9 Å². The Kier molecular flexibility index (Phi) is 5.52. The SMILES string of the molecule is CC1CCN(C(=O)C(=O)Nc2cc(C(F)(F)F)cc(C(F)(F)F)c2)CC1. The number of benzene rings is 1. The van der Waals surface area contributed by atoms with E-state index in [1.807, 2.05) is 12.2 Å². The first kappa shape index (κ1) is 20.1. The molecule has 0 unspecified atom stereocenters. The lowest BCUT2D eigenvalue weighted by Gasteiger charge is -2.29. The molecule has 1 aromatic carbocycles. The predicted molar refractivity (Wildman–Crippen MR) is 80.1 cm³/mol. The van der Waals surface area contributed by atoms with Gasteiger partial charge in [-0.3, -0.25) is 9.59 Å². The van der Waals surface area contributed by atoms with E-state index >= 15 is 0 Å². The van der Waals surface area contributed by atoms with Crippen molar-refractivity contribution in [2.45, 2.75) is 32.1 Å². The highest BCUT2D eigenvalue weighted by Gasteiger charge is 2.37. The number of hydrogen-bond donors (Lipinski definition) is 1. The molecule has 1 aliphatic rings. The van der Waals surface area contributed by atoms with E-state index in [9.17, 15) is 35.9 Å². The molecule has 2 rings (SSSR count). The molecule has 144 valence electrons. The molecule has 4 nitrogen and oxygen atoms in total. The van der Waals surface area contributed by atoms with Crippen LogP contribution in [0.15, 0.2) is 18.2 Å². The van der Waals surface area contributed by atoms with Crippen LogP contribution in [0.1, 0.15) is 30.9 Å². The molecule has 0 saturated carbocycles. The second-order valence-electron chi connectivity index (χ2n) is 6.22. The van der Waals surface area contributed by atoms with Gasteiger partial charge in [0.2, 0.25) is 0 Å². The molecule has 0 atom stereocenters. The molecule has 0 radical (unpaired) electrons. The average Bonchev–Trinajstić information content (AvgIpc) is 2.53. The number of anilines is 1. The summed E-state index contributed by atoms with van der Waals surface area (Å²) in [7, 11) is 0. The fourth-order valence-corrected chi connectivity index (χ4v) is 2.57. The minimum atomic E-state index is -5.03. The summed E-state index contributed by atoms with van der Waals surface area (Å²) in [6, 6.07) is 0.668. The number of nitrogens with one attached hydrogen (secondary N) is 1. The Morgan fingerprint density at radius 3 is 1.85 bits per heavy atom. The lowest BCUT2D eigenvalue weighted by molar-refractivity contribution is -0.144. The number of hydrogen-bond acceptors (Lipinski definition) is 2. The number of carbonyl (C=O) groups is 2. The smallest absolute Gasteiger partial charge is 0.334 e. The van der Waals surface area contributed by atoms with Gasteiger partial charge in [-0.2, -0.15) is 26.3 Å². The third-order valence-electron chi connectivity index (χ3n) is 4.11. The summed E-state index contributed by atoms with van der Waals surface area (Å²) in [5.41, 5.74) is -3.88. The van der Waals surface area contributed by atoms with Gasteiger partial charge in [0, 0.05) is 18.8 Å². The zero-order valence-electron chi connectivity index (χ0n) is 13.7. The first-order valence-electron chi connectivity index (χ1n) is 7.77. The number of alkyl halides is 6. The van der Waals surface area contributed by atoms with Gasteiger partial charge in [0.05, 0.1) is 11.1 Å². The molecule has 1 fully saturated rings. The maximum Gasteiger partial charge on any atom is 0.416 e. The van der Waals surface area contributed by atoms with Crippen LogP contribution in [0.4, 0.5) is 32.0 Å². The van der Waals surface area contributed by atoms with Crippen molar-refractivity contribution in [2.75, 3.05) is 18.4 Å². The summed E-state index contributed by atoms with van der Waals surface area (Å²) in [5, 5.41) is 1.85. The van der Waals surface area contributed by atoms with Crippen molar-refractivity contribution in [3.63, 3.8) is 0 Å². The van der Waals surface area contributed by atoms with E-state index in [0.717, 1.165) is 0 Å². The van der Waals surface area contributed by atoms with Crippen molar-refractivity contribution in [2.24, 2.45) is 5.92 Å². The van der Waals surface area contributed by atoms with Gasteiger partial charge in [-0.15, -0.1) is 0 Å². The van der Waals surface area contributed by atoms with Crippen LogP contribution < -0.4 is 5.32 Å². The van der Waals surface area contributed by atoms with E-state index in [1.54, 1.807) is 0 Å². The standard InChI is InChI=1S/C16H16F6N2O2/c1-9-2-4-24(5-3-9)14(26)13(25)23-12-7-10(15(17,18)19)6-11(8-12)16(20,21)22/h6-9H,2-5H2,1H3,(H,23,25). The van der Waals surface area contributed by atoms with Crippen molar-refractivity contribution in [3.05, 3.63) is 29.3 Å². The van der Waals surface area contributed by atoms with E-state index in [2.05, 4.69) is 0 Å². The van der Waals surface area contributed by atoms with E-state index in [4.69, 9.17) is 0 Å². The second-order valence-corrected chi connectivity index (χ2v) is 6.22. The highest BCUT2D eigenvalue weighted by Crippen LogP contribution is 2.37. The molecule has 0 aliphatic carbocycles. The monoisotopic (exact) mass is 382 g/mol. The normalized spacial score (nSPS) is 16.5. The topological polar surface area (TPSA) is 49.4 Å². The highest BCUT2D eigenvalue weighted by atomic mass is 19.4. The quantitative estimate of drug-likeness (QED) is 0.591. The molecule has 1 saturated heterocycles. The maximum absolute atomic E-state index is 12.8. The number of likely N-dealkylation sites (tertiary alicyclic amines) is 1. The first-order chi connectivity index (χ1) is 11.9. The number of halogens is 6. The molecule has 10 heteroatoms. The molecule has 1 heterocycles. The fourth-order valence-electron chi connectivity index (χ4n) is 2.57. The summed E-state index contributed by atoms with van der Waals surface area (Å²) in [6.45, 7) is 2.59. The van der Waals surface area contributed by atoms with E-state index < -0.39 is 41.0 Å². The van der Waals surface area contributed by atoms with Crippen molar-refractivity contribution in [1.29, 1.82) is 0 Å². The molecular weight excluding hydrogens is 366 g/mol. The van der Waals surface area contributed by atoms with Gasteiger partial charge in [-0.25, -0.2) is 0 Å². The molecule has 1 aromatic rings. The van der Waals surface area contributed by atoms with Crippen molar-refractivity contribution in [3.8, 4) is 0 Å². The van der Waals surface area contributed by atoms with Crippen LogP contribution >= 0.6 is 0 Å². The van der Waals surface area contributed by atoms with Crippen LogP contribution in [0, 0.1) is 5.92 Å². The van der Waals surface area contributed by atoms with Gasteiger partial charge < -0.3 is 10.2 Å². The molecule has 26 heavy (non-hydrogen) atoms. The van der Waals surface area contributed by atoms with E-state index in [0.29, 0.717) is 44.0 Å². The largest absolute Gasteiger partial charge is 0.416 e. The number of amides is 2. The molecule has 1 aliphatic heterocycles. The van der Waals surface area contributed by atoms with Gasteiger partial charge in [0.25, 0.3) is 0 Å². The number of carbonyl (C=O) groups excluding carboxylic acids is 2. The zero-order chi connectivity index (χ0) is 19.7. The van der Waals surface area contributed by atoms with Gasteiger partial charge in [-0.1, -0.05) is 6.92 Å². The molecular formula is C16H16F6N2O2. The Hall–Kier alpha value is -2.26. The van der Waals surface area contributed by atoms with Gasteiger partial charge in [-0.05, 0) is 37.0 Å². The fraction of sp³-hybridized carbons (Fsp3) is 0.500. The summed E-state index contributed by atoms with van der Waals surface area (Å²) < 4.78 is 76.8. The predicted octanol–water partition coefficient (Wildman–Crippen LogP) is 3.92. The third kappa shape index (κ3) is 4.89. The highest BCUT2D eigenvalue weighted by molar-refractivity contribution is 6.39. The Bertz CT molecular complexity index is 659. The van der Waals surface area contributed by atoms with Gasteiger partial charge in [0.1, 0.15) is 0 Å². The minimum absolute atomic E-state index is 0.0521. The van der Waals surface area contributed by atoms with Crippen molar-refractivity contribution >= 4 is 17.5 Å². The van der Waals surface area contributed by atoms with Crippen LogP contribution in [0.25, 0.3) is 0 Å². The van der Waals surface area contributed by atoms with Crippen LogP contribution in [0.2, 0.25) is 0 Å². The lowest BCUT2D eigenvalue weighted by Crippen LogP contribution is -2.43. The molecule has 0 aromatic heterocycles. The Labute approximate surface area is 145 Å². The minimum Gasteiger partial charge on any atom is -0.334 e. The average molecular weight is 382 g/mol. The van der Waals surface area contributed by atoms with Crippen LogP contribution in [0.3, 0.4) is 0 Å².